The van der Waals surface area contributed by atoms with E-state index in [4.69, 9.17) is 4.98 Å². The fourth-order valence-electron chi connectivity index (χ4n) is 3.40. The van der Waals surface area contributed by atoms with Gasteiger partial charge in [-0.25, -0.2) is 15.0 Å². The van der Waals surface area contributed by atoms with Crippen LogP contribution in [0.1, 0.15) is 28.3 Å². The highest BCUT2D eigenvalue weighted by atomic mass is 32.1. The van der Waals surface area contributed by atoms with E-state index in [-0.39, 0.29) is 6.04 Å². The quantitative estimate of drug-likeness (QED) is 0.603. The van der Waals surface area contributed by atoms with E-state index in [9.17, 15) is 0 Å². The zero-order valence-corrected chi connectivity index (χ0v) is 13.8. The number of nitrogens with one attached hydrogen (secondary N) is 2. The standard InChI is InChI=1S/C17H16N6S/c1-2-4-12-11(3-1)21-17(22-12)16-15-13(19-10-20-15)5-7-23(16)9-14-18-6-8-24-14/h1-4,6,8,10,16H,5,7,9H2,(H,19,20)(H,21,22)/t16-/m1/s1. The Morgan fingerprint density at radius 3 is 3.08 bits per heavy atom. The van der Waals surface area contributed by atoms with Crippen LogP contribution in [0.5, 0.6) is 0 Å². The highest BCUT2D eigenvalue weighted by Gasteiger charge is 2.33. The highest BCUT2D eigenvalue weighted by Crippen LogP contribution is 2.34. The van der Waals surface area contributed by atoms with Gasteiger partial charge < -0.3 is 9.97 Å². The molecule has 24 heavy (non-hydrogen) atoms. The molecule has 2 N–H and O–H groups in total. The zero-order chi connectivity index (χ0) is 15.9. The van der Waals surface area contributed by atoms with Crippen LogP contribution < -0.4 is 0 Å². The minimum absolute atomic E-state index is 0.0244. The molecule has 0 unspecified atom stereocenters. The molecule has 120 valence electrons. The molecule has 0 radical (unpaired) electrons. The summed E-state index contributed by atoms with van der Waals surface area (Å²) >= 11 is 1.69. The predicted molar refractivity (Wildman–Crippen MR) is 92.8 cm³/mol. The molecule has 0 fully saturated rings. The number of benzene rings is 1. The van der Waals surface area contributed by atoms with Crippen molar-refractivity contribution in [1.29, 1.82) is 0 Å². The van der Waals surface area contributed by atoms with Crippen molar-refractivity contribution in [3.63, 3.8) is 0 Å². The Kier molecular flexibility index (Phi) is 3.20. The predicted octanol–water partition coefficient (Wildman–Crippen LogP) is 2.89. The van der Waals surface area contributed by atoms with Crippen molar-refractivity contribution < 1.29 is 0 Å². The molecule has 6 nitrogen and oxygen atoms in total. The van der Waals surface area contributed by atoms with Gasteiger partial charge in [0.05, 0.1) is 29.6 Å². The van der Waals surface area contributed by atoms with Gasteiger partial charge in [-0.3, -0.25) is 4.90 Å². The summed E-state index contributed by atoms with van der Waals surface area (Å²) in [6.45, 7) is 1.77. The molecule has 4 aromatic rings. The van der Waals surface area contributed by atoms with Gasteiger partial charge in [0.2, 0.25) is 0 Å². The smallest absolute Gasteiger partial charge is 0.130 e. The molecule has 1 aliphatic rings. The molecule has 0 spiro atoms. The lowest BCUT2D eigenvalue weighted by Crippen LogP contribution is -2.36. The molecule has 0 saturated carbocycles. The third-order valence-electron chi connectivity index (χ3n) is 4.51. The van der Waals surface area contributed by atoms with Crippen molar-refractivity contribution in [3.8, 4) is 0 Å². The molecule has 0 aliphatic carbocycles. The van der Waals surface area contributed by atoms with Crippen molar-refractivity contribution >= 4 is 22.4 Å². The van der Waals surface area contributed by atoms with Crippen LogP contribution in [0.2, 0.25) is 0 Å². The molecule has 4 heterocycles. The summed E-state index contributed by atoms with van der Waals surface area (Å²) in [5, 5.41) is 3.14. The minimum atomic E-state index is 0.0244. The number of hydrogen-bond acceptors (Lipinski definition) is 5. The summed E-state index contributed by atoms with van der Waals surface area (Å²) in [5.41, 5.74) is 4.32. The van der Waals surface area contributed by atoms with Gasteiger partial charge in [0.1, 0.15) is 16.9 Å². The Morgan fingerprint density at radius 1 is 1.25 bits per heavy atom. The van der Waals surface area contributed by atoms with Gasteiger partial charge in [-0.2, -0.15) is 0 Å². The molecule has 7 heteroatoms. The molecule has 1 aromatic carbocycles. The van der Waals surface area contributed by atoms with E-state index in [1.54, 1.807) is 17.7 Å². The van der Waals surface area contributed by atoms with Crippen LogP contribution in [0.3, 0.4) is 0 Å². The zero-order valence-electron chi connectivity index (χ0n) is 12.9. The topological polar surface area (TPSA) is 73.5 Å². The number of hydrogen-bond donors (Lipinski definition) is 2. The van der Waals surface area contributed by atoms with Crippen molar-refractivity contribution in [2.24, 2.45) is 0 Å². The van der Waals surface area contributed by atoms with Crippen LogP contribution in [-0.4, -0.2) is 36.4 Å². The monoisotopic (exact) mass is 336 g/mol. The van der Waals surface area contributed by atoms with E-state index < -0.39 is 0 Å². The fraction of sp³-hybridized carbons (Fsp3) is 0.235. The van der Waals surface area contributed by atoms with E-state index in [1.165, 1.54) is 5.69 Å². The summed E-state index contributed by atoms with van der Waals surface area (Å²) in [6.07, 6.45) is 4.62. The normalized spacial score (nSPS) is 18.1. The second kappa shape index (κ2) is 5.54. The van der Waals surface area contributed by atoms with Crippen LogP contribution in [0, 0.1) is 0 Å². The minimum Gasteiger partial charge on any atom is -0.348 e. The average Bonchev–Trinajstić information content (AvgIpc) is 3.34. The molecular formula is C17H16N6S. The molecule has 1 aliphatic heterocycles. The summed E-state index contributed by atoms with van der Waals surface area (Å²) in [5.74, 6) is 0.945. The van der Waals surface area contributed by atoms with E-state index in [0.29, 0.717) is 0 Å². The Bertz CT molecular complexity index is 937. The number of aromatic amines is 2. The Labute approximate surface area is 142 Å². The van der Waals surface area contributed by atoms with Gasteiger partial charge in [0, 0.05) is 30.2 Å². The first kappa shape index (κ1) is 13.9. The first-order valence-electron chi connectivity index (χ1n) is 7.98. The third kappa shape index (κ3) is 2.24. The van der Waals surface area contributed by atoms with E-state index >= 15 is 0 Å². The summed E-state index contributed by atoms with van der Waals surface area (Å²) in [4.78, 5) is 23.0. The molecule has 3 aromatic heterocycles. The number of para-hydroxylation sites is 2. The first-order chi connectivity index (χ1) is 11.9. The Hall–Kier alpha value is -2.51. The highest BCUT2D eigenvalue weighted by molar-refractivity contribution is 7.09. The van der Waals surface area contributed by atoms with Crippen LogP contribution in [0.15, 0.2) is 42.2 Å². The Balaban J connectivity index is 1.60. The van der Waals surface area contributed by atoms with Crippen molar-refractivity contribution in [2.45, 2.75) is 19.0 Å². The summed E-state index contributed by atoms with van der Waals surface area (Å²) in [6, 6.07) is 8.16. The van der Waals surface area contributed by atoms with Crippen molar-refractivity contribution in [1.82, 2.24) is 29.8 Å². The van der Waals surface area contributed by atoms with Gasteiger partial charge in [0.25, 0.3) is 0 Å². The Morgan fingerprint density at radius 2 is 2.21 bits per heavy atom. The number of rotatable bonds is 3. The molecule has 0 bridgehead atoms. The number of imidazole rings is 2. The van der Waals surface area contributed by atoms with E-state index in [2.05, 4.69) is 30.9 Å². The van der Waals surface area contributed by atoms with Crippen LogP contribution >= 0.6 is 11.3 Å². The maximum Gasteiger partial charge on any atom is 0.130 e. The molecule has 1 atom stereocenters. The second-order valence-electron chi connectivity index (χ2n) is 5.95. The molecule has 0 saturated heterocycles. The average molecular weight is 336 g/mol. The van der Waals surface area contributed by atoms with Crippen molar-refractivity contribution in [2.75, 3.05) is 6.54 Å². The number of H-pyrrole nitrogens is 2. The maximum atomic E-state index is 4.83. The van der Waals surface area contributed by atoms with E-state index in [0.717, 1.165) is 47.1 Å². The molecule has 5 rings (SSSR count). The third-order valence-corrected chi connectivity index (χ3v) is 5.28. The van der Waals surface area contributed by atoms with E-state index in [1.807, 2.05) is 29.8 Å². The van der Waals surface area contributed by atoms with Gasteiger partial charge in [-0.1, -0.05) is 12.1 Å². The largest absolute Gasteiger partial charge is 0.348 e. The van der Waals surface area contributed by atoms with Gasteiger partial charge in [0.15, 0.2) is 0 Å². The lowest BCUT2D eigenvalue weighted by Gasteiger charge is -2.33. The SMILES string of the molecule is c1ccc2[nH]c([C@H]3c4nc[nH]c4CCN3Cc3nccs3)nc2c1. The first-order valence-corrected chi connectivity index (χ1v) is 8.85. The van der Waals surface area contributed by atoms with Gasteiger partial charge >= 0.3 is 0 Å². The number of fused-ring (bicyclic) bond motifs is 2. The van der Waals surface area contributed by atoms with Crippen LogP contribution in [-0.2, 0) is 13.0 Å². The van der Waals surface area contributed by atoms with Crippen LogP contribution in [0.4, 0.5) is 0 Å². The maximum absolute atomic E-state index is 4.83. The number of nitrogens with zero attached hydrogens (tertiary/aromatic N) is 4. The van der Waals surface area contributed by atoms with Crippen molar-refractivity contribution in [3.05, 3.63) is 64.4 Å². The number of thiazole rings is 1. The number of aromatic nitrogens is 5. The second-order valence-corrected chi connectivity index (χ2v) is 6.93. The fourth-order valence-corrected chi connectivity index (χ4v) is 4.05. The summed E-state index contributed by atoms with van der Waals surface area (Å²) < 4.78 is 0. The van der Waals surface area contributed by atoms with Gasteiger partial charge in [-0.05, 0) is 12.1 Å². The van der Waals surface area contributed by atoms with Gasteiger partial charge in [-0.15, -0.1) is 11.3 Å². The molecular weight excluding hydrogens is 320 g/mol. The lowest BCUT2D eigenvalue weighted by atomic mass is 10.0. The lowest BCUT2D eigenvalue weighted by molar-refractivity contribution is 0.194. The van der Waals surface area contributed by atoms with Crippen LogP contribution in [0.25, 0.3) is 11.0 Å². The molecule has 0 amide bonds. The summed E-state index contributed by atoms with van der Waals surface area (Å²) in [7, 11) is 0.